The second-order valence-corrected chi connectivity index (χ2v) is 4.24. The minimum atomic E-state index is -0.157. The summed E-state index contributed by atoms with van der Waals surface area (Å²) in [5.41, 5.74) is 0. The van der Waals surface area contributed by atoms with E-state index in [-0.39, 0.29) is 12.1 Å². The van der Waals surface area contributed by atoms with Gasteiger partial charge in [-0.05, 0) is 25.0 Å². The molecule has 2 N–H and O–H groups in total. The maximum Gasteiger partial charge on any atom is 0.105 e. The van der Waals surface area contributed by atoms with Crippen molar-refractivity contribution in [3.8, 4) is 0 Å². The fraction of sp³-hybridized carbons (Fsp3) is 0.667. The van der Waals surface area contributed by atoms with E-state index < -0.39 is 0 Å². The van der Waals surface area contributed by atoms with E-state index >= 15 is 0 Å². The van der Waals surface area contributed by atoms with Crippen molar-refractivity contribution >= 4 is 0 Å². The third-order valence-electron chi connectivity index (χ3n) is 3.09. The van der Waals surface area contributed by atoms with Crippen molar-refractivity contribution in [3.63, 3.8) is 0 Å². The van der Waals surface area contributed by atoms with E-state index in [2.05, 4.69) is 5.32 Å². The lowest BCUT2D eigenvalue weighted by molar-refractivity contribution is 0.0912. The van der Waals surface area contributed by atoms with Crippen LogP contribution in [0.1, 0.15) is 31.4 Å². The van der Waals surface area contributed by atoms with Crippen LogP contribution in [0.5, 0.6) is 0 Å². The number of hydrogen-bond acceptors (Lipinski definition) is 3. The molecule has 3 heteroatoms. The smallest absolute Gasteiger partial charge is 0.105 e. The van der Waals surface area contributed by atoms with Crippen molar-refractivity contribution in [1.29, 1.82) is 0 Å². The molecule has 0 radical (unpaired) electrons. The van der Waals surface area contributed by atoms with Crippen LogP contribution in [-0.4, -0.2) is 23.8 Å². The number of furan rings is 1. The summed E-state index contributed by atoms with van der Waals surface area (Å²) in [7, 11) is 0. The van der Waals surface area contributed by atoms with E-state index in [4.69, 9.17) is 4.42 Å². The first-order valence-electron chi connectivity index (χ1n) is 5.80. The van der Waals surface area contributed by atoms with Gasteiger partial charge in [-0.25, -0.2) is 0 Å². The summed E-state index contributed by atoms with van der Waals surface area (Å²) in [6.07, 6.45) is 6.88. The molecule has 2 unspecified atom stereocenters. The summed E-state index contributed by atoms with van der Waals surface area (Å²) in [6, 6.07) is 4.18. The lowest BCUT2D eigenvalue weighted by Gasteiger charge is -2.28. The molecule has 1 aromatic rings. The van der Waals surface area contributed by atoms with Crippen molar-refractivity contribution < 1.29 is 9.52 Å². The third-order valence-corrected chi connectivity index (χ3v) is 3.09. The van der Waals surface area contributed by atoms with Gasteiger partial charge in [0.05, 0.1) is 12.4 Å². The van der Waals surface area contributed by atoms with Crippen LogP contribution < -0.4 is 5.32 Å². The molecule has 0 saturated heterocycles. The molecule has 84 valence electrons. The monoisotopic (exact) mass is 209 g/mol. The second kappa shape index (κ2) is 5.33. The first-order chi connectivity index (χ1) is 7.36. The quantitative estimate of drug-likeness (QED) is 0.793. The minimum absolute atomic E-state index is 0.157. The predicted octanol–water partition coefficient (Wildman–Crippen LogP) is 1.72. The van der Waals surface area contributed by atoms with Gasteiger partial charge in [0.2, 0.25) is 0 Å². The van der Waals surface area contributed by atoms with Crippen molar-refractivity contribution in [2.45, 2.75) is 44.2 Å². The number of hydrogen-bond donors (Lipinski definition) is 2. The molecule has 1 aliphatic rings. The van der Waals surface area contributed by atoms with Crippen LogP contribution in [0.25, 0.3) is 0 Å². The average molecular weight is 209 g/mol. The molecule has 0 amide bonds. The van der Waals surface area contributed by atoms with Gasteiger partial charge in [0, 0.05) is 19.0 Å². The van der Waals surface area contributed by atoms with E-state index in [1.165, 1.54) is 6.42 Å². The first kappa shape index (κ1) is 10.7. The van der Waals surface area contributed by atoms with Gasteiger partial charge in [-0.3, -0.25) is 0 Å². The molecule has 1 fully saturated rings. The zero-order chi connectivity index (χ0) is 10.5. The van der Waals surface area contributed by atoms with Crippen molar-refractivity contribution in [2.75, 3.05) is 6.54 Å². The van der Waals surface area contributed by atoms with E-state index in [1.807, 2.05) is 12.1 Å². The van der Waals surface area contributed by atoms with Gasteiger partial charge in [-0.15, -0.1) is 0 Å². The molecular formula is C12H19NO2. The Morgan fingerprint density at radius 1 is 1.40 bits per heavy atom. The highest BCUT2D eigenvalue weighted by Gasteiger charge is 2.21. The summed E-state index contributed by atoms with van der Waals surface area (Å²) < 4.78 is 5.25. The Labute approximate surface area is 90.5 Å². The zero-order valence-corrected chi connectivity index (χ0v) is 8.98. The molecule has 2 rings (SSSR count). The summed E-state index contributed by atoms with van der Waals surface area (Å²) in [4.78, 5) is 0. The van der Waals surface area contributed by atoms with Crippen molar-refractivity contribution in [1.82, 2.24) is 5.32 Å². The van der Waals surface area contributed by atoms with Crippen LogP contribution in [0, 0.1) is 0 Å². The van der Waals surface area contributed by atoms with Crippen LogP contribution in [0.2, 0.25) is 0 Å². The highest BCUT2D eigenvalue weighted by atomic mass is 16.3. The Bertz CT molecular complexity index is 271. The van der Waals surface area contributed by atoms with Gasteiger partial charge in [0.25, 0.3) is 0 Å². The Morgan fingerprint density at radius 2 is 2.27 bits per heavy atom. The molecule has 1 heterocycles. The Balaban J connectivity index is 1.68. The third kappa shape index (κ3) is 3.08. The molecule has 3 nitrogen and oxygen atoms in total. The van der Waals surface area contributed by atoms with E-state index in [0.717, 1.165) is 38.0 Å². The normalized spacial score (nSPS) is 26.7. The maximum atomic E-state index is 9.74. The molecule has 1 aliphatic carbocycles. The van der Waals surface area contributed by atoms with E-state index in [0.29, 0.717) is 0 Å². The number of aliphatic hydroxyl groups is 1. The molecule has 0 aliphatic heterocycles. The van der Waals surface area contributed by atoms with Gasteiger partial charge in [-0.1, -0.05) is 12.8 Å². The van der Waals surface area contributed by atoms with E-state index in [1.54, 1.807) is 6.26 Å². The van der Waals surface area contributed by atoms with Crippen LogP contribution in [-0.2, 0) is 6.42 Å². The van der Waals surface area contributed by atoms with Crippen LogP contribution in [0.3, 0.4) is 0 Å². The summed E-state index contributed by atoms with van der Waals surface area (Å²) in [6.45, 7) is 0.884. The highest BCUT2D eigenvalue weighted by Crippen LogP contribution is 2.18. The lowest BCUT2D eigenvalue weighted by atomic mass is 9.92. The summed E-state index contributed by atoms with van der Waals surface area (Å²) in [5.74, 6) is 1.01. The van der Waals surface area contributed by atoms with Crippen molar-refractivity contribution in [2.24, 2.45) is 0 Å². The van der Waals surface area contributed by atoms with Gasteiger partial charge in [0.15, 0.2) is 0 Å². The van der Waals surface area contributed by atoms with Gasteiger partial charge in [-0.2, -0.15) is 0 Å². The minimum Gasteiger partial charge on any atom is -0.469 e. The lowest BCUT2D eigenvalue weighted by Crippen LogP contribution is -2.42. The zero-order valence-electron chi connectivity index (χ0n) is 8.98. The van der Waals surface area contributed by atoms with Gasteiger partial charge in [0.1, 0.15) is 5.76 Å². The molecule has 1 aromatic heterocycles. The van der Waals surface area contributed by atoms with Gasteiger partial charge < -0.3 is 14.8 Å². The SMILES string of the molecule is OC1CCCCC1NCCc1ccco1. The average Bonchev–Trinajstić information content (AvgIpc) is 2.74. The molecule has 1 saturated carbocycles. The molecule has 0 spiro atoms. The number of rotatable bonds is 4. The molecule has 0 bridgehead atoms. The van der Waals surface area contributed by atoms with Crippen LogP contribution >= 0.6 is 0 Å². The Morgan fingerprint density at radius 3 is 3.00 bits per heavy atom. The standard InChI is InChI=1S/C12H19NO2/c14-12-6-2-1-5-11(12)13-8-7-10-4-3-9-15-10/h3-4,9,11-14H,1-2,5-8H2. The van der Waals surface area contributed by atoms with Gasteiger partial charge >= 0.3 is 0 Å². The first-order valence-corrected chi connectivity index (χ1v) is 5.80. The topological polar surface area (TPSA) is 45.4 Å². The molecule has 2 atom stereocenters. The predicted molar refractivity (Wildman–Crippen MR) is 58.7 cm³/mol. The largest absolute Gasteiger partial charge is 0.469 e. The molecular weight excluding hydrogens is 190 g/mol. The number of nitrogens with one attached hydrogen (secondary N) is 1. The highest BCUT2D eigenvalue weighted by molar-refractivity contribution is 4.98. The Kier molecular flexibility index (Phi) is 3.80. The second-order valence-electron chi connectivity index (χ2n) is 4.24. The van der Waals surface area contributed by atoms with Crippen molar-refractivity contribution in [3.05, 3.63) is 24.2 Å². The molecule has 15 heavy (non-hydrogen) atoms. The maximum absolute atomic E-state index is 9.74. The summed E-state index contributed by atoms with van der Waals surface area (Å²) in [5, 5.41) is 13.1. The Hall–Kier alpha value is -0.800. The fourth-order valence-corrected chi connectivity index (χ4v) is 2.18. The summed E-state index contributed by atoms with van der Waals surface area (Å²) >= 11 is 0. The van der Waals surface area contributed by atoms with Crippen LogP contribution in [0.4, 0.5) is 0 Å². The fourth-order valence-electron chi connectivity index (χ4n) is 2.18. The van der Waals surface area contributed by atoms with E-state index in [9.17, 15) is 5.11 Å². The molecule has 0 aromatic carbocycles. The van der Waals surface area contributed by atoms with Crippen LogP contribution in [0.15, 0.2) is 22.8 Å². The number of aliphatic hydroxyl groups excluding tert-OH is 1.